The van der Waals surface area contributed by atoms with Gasteiger partial charge in [0, 0.05) is 0 Å². The summed E-state index contributed by atoms with van der Waals surface area (Å²) in [6, 6.07) is 0. The minimum absolute atomic E-state index is 0.341. The summed E-state index contributed by atoms with van der Waals surface area (Å²) in [6.45, 7) is 0. The minimum atomic E-state index is -1.56. The van der Waals surface area contributed by atoms with Crippen molar-refractivity contribution in [1.82, 2.24) is 0 Å². The molecule has 0 amide bonds. The van der Waals surface area contributed by atoms with Gasteiger partial charge in [-0.15, -0.1) is 0 Å². The lowest BCUT2D eigenvalue weighted by atomic mass is 9.76. The predicted molar refractivity (Wildman–Crippen MR) is 58.9 cm³/mol. The Balaban J connectivity index is 2.19. The summed E-state index contributed by atoms with van der Waals surface area (Å²) in [4.78, 5) is 0. The molecule has 1 fully saturated rings. The van der Waals surface area contributed by atoms with Gasteiger partial charge in [-0.25, -0.2) is 0 Å². The average molecular weight is 209 g/mol. The Hall–Kier alpha value is -0.640. The summed E-state index contributed by atoms with van der Waals surface area (Å²) in [5.41, 5.74) is 5.03. The van der Waals surface area contributed by atoms with Crippen LogP contribution < -0.4 is 5.73 Å². The molecule has 2 rings (SSSR count). The number of allylic oxidation sites excluding steroid dienone is 2. The maximum absolute atomic E-state index is 10.1. The molecule has 0 aromatic heterocycles. The molecule has 2 aliphatic carbocycles. The van der Waals surface area contributed by atoms with Gasteiger partial charge in [0.05, 0.1) is 0 Å². The molecule has 15 heavy (non-hydrogen) atoms. The third-order valence-corrected chi connectivity index (χ3v) is 3.53. The summed E-state index contributed by atoms with van der Waals surface area (Å²) in [5, 5.41) is 19.7. The Morgan fingerprint density at radius 1 is 1.27 bits per heavy atom. The van der Waals surface area contributed by atoms with Crippen LogP contribution in [0.15, 0.2) is 23.8 Å². The van der Waals surface area contributed by atoms with Gasteiger partial charge < -0.3 is 10.2 Å². The van der Waals surface area contributed by atoms with Gasteiger partial charge in [0.2, 0.25) is 0 Å². The molecule has 0 heterocycles. The zero-order valence-corrected chi connectivity index (χ0v) is 8.89. The van der Waals surface area contributed by atoms with Crippen LogP contribution in [0.1, 0.15) is 32.1 Å². The van der Waals surface area contributed by atoms with Crippen LogP contribution in [-0.4, -0.2) is 22.0 Å². The number of aliphatic hydroxyl groups is 2. The van der Waals surface area contributed by atoms with E-state index in [4.69, 9.17) is 5.73 Å². The third kappa shape index (κ3) is 2.00. The molecule has 0 spiro atoms. The Kier molecular flexibility index (Phi) is 2.96. The van der Waals surface area contributed by atoms with Crippen molar-refractivity contribution >= 4 is 0 Å². The minimum Gasteiger partial charge on any atom is -0.384 e. The molecule has 1 saturated carbocycles. The maximum Gasteiger partial charge on any atom is 0.166 e. The monoisotopic (exact) mass is 209 g/mol. The molecule has 2 atom stereocenters. The van der Waals surface area contributed by atoms with E-state index in [2.05, 4.69) is 0 Å². The topological polar surface area (TPSA) is 66.5 Å². The van der Waals surface area contributed by atoms with Crippen LogP contribution in [0.3, 0.4) is 0 Å². The number of hydrogen-bond acceptors (Lipinski definition) is 3. The molecule has 84 valence electrons. The van der Waals surface area contributed by atoms with Gasteiger partial charge in [-0.05, 0) is 24.3 Å². The van der Waals surface area contributed by atoms with E-state index >= 15 is 0 Å². The van der Waals surface area contributed by atoms with Crippen LogP contribution in [0.4, 0.5) is 0 Å². The van der Waals surface area contributed by atoms with Crippen molar-refractivity contribution in [2.24, 2.45) is 11.7 Å². The average Bonchev–Trinajstić information content (AvgIpc) is 2.23. The molecule has 0 aromatic carbocycles. The second kappa shape index (κ2) is 4.08. The van der Waals surface area contributed by atoms with Crippen LogP contribution in [0, 0.1) is 5.92 Å². The van der Waals surface area contributed by atoms with Gasteiger partial charge in [0.25, 0.3) is 0 Å². The molecular formula is C12H19NO2. The van der Waals surface area contributed by atoms with Crippen molar-refractivity contribution in [3.05, 3.63) is 23.8 Å². The highest BCUT2D eigenvalue weighted by atomic mass is 16.4. The van der Waals surface area contributed by atoms with Crippen molar-refractivity contribution in [2.45, 2.75) is 43.9 Å². The zero-order chi connectivity index (χ0) is 10.9. The number of nitrogens with two attached hydrogens (primary N) is 1. The highest BCUT2D eigenvalue weighted by Crippen LogP contribution is 2.36. The van der Waals surface area contributed by atoms with E-state index in [9.17, 15) is 10.2 Å². The van der Waals surface area contributed by atoms with Crippen molar-refractivity contribution in [2.75, 3.05) is 0 Å². The largest absolute Gasteiger partial charge is 0.384 e. The van der Waals surface area contributed by atoms with Crippen molar-refractivity contribution < 1.29 is 10.2 Å². The molecular weight excluding hydrogens is 190 g/mol. The fourth-order valence-electron chi connectivity index (χ4n) is 2.59. The highest BCUT2D eigenvalue weighted by molar-refractivity contribution is 5.32. The summed E-state index contributed by atoms with van der Waals surface area (Å²) in [7, 11) is 0. The van der Waals surface area contributed by atoms with Gasteiger partial charge in [-0.2, -0.15) is 0 Å². The van der Waals surface area contributed by atoms with Gasteiger partial charge >= 0.3 is 0 Å². The Labute approximate surface area is 90.3 Å². The summed E-state index contributed by atoms with van der Waals surface area (Å²) in [5.74, 6) is 0.341. The summed E-state index contributed by atoms with van der Waals surface area (Å²) < 4.78 is 0. The van der Waals surface area contributed by atoms with E-state index in [0.29, 0.717) is 5.92 Å². The first-order valence-corrected chi connectivity index (χ1v) is 5.70. The lowest BCUT2D eigenvalue weighted by molar-refractivity contribution is -0.0285. The molecule has 0 bridgehead atoms. The molecule has 0 saturated heterocycles. The first kappa shape index (κ1) is 10.9. The molecule has 0 radical (unpaired) electrons. The quantitative estimate of drug-likeness (QED) is 0.566. The van der Waals surface area contributed by atoms with E-state index in [1.165, 1.54) is 25.3 Å². The van der Waals surface area contributed by atoms with E-state index < -0.39 is 11.8 Å². The third-order valence-electron chi connectivity index (χ3n) is 3.53. The van der Waals surface area contributed by atoms with Gasteiger partial charge in [0.1, 0.15) is 6.10 Å². The van der Waals surface area contributed by atoms with Crippen LogP contribution in [0.2, 0.25) is 0 Å². The van der Waals surface area contributed by atoms with Gasteiger partial charge in [-0.1, -0.05) is 37.5 Å². The van der Waals surface area contributed by atoms with E-state index in [1.807, 2.05) is 6.08 Å². The second-order valence-corrected chi connectivity index (χ2v) is 4.61. The standard InChI is InChI=1S/C12H19NO2/c13-12(15)10(7-4-8-11(12)14)9-5-2-1-3-6-9/h4,7-9,11,14-15H,1-3,5-6,13H2. The molecule has 4 N–H and O–H groups in total. The fraction of sp³-hybridized carbons (Fsp3) is 0.667. The van der Waals surface area contributed by atoms with Gasteiger partial charge in [0.15, 0.2) is 5.72 Å². The number of aliphatic hydroxyl groups excluding tert-OH is 1. The van der Waals surface area contributed by atoms with Crippen LogP contribution in [0.5, 0.6) is 0 Å². The van der Waals surface area contributed by atoms with Crippen LogP contribution in [0.25, 0.3) is 0 Å². The molecule has 3 nitrogen and oxygen atoms in total. The van der Waals surface area contributed by atoms with Crippen molar-refractivity contribution in [1.29, 1.82) is 0 Å². The lowest BCUT2D eigenvalue weighted by Crippen LogP contribution is -2.54. The Bertz CT molecular complexity index is 288. The zero-order valence-electron chi connectivity index (χ0n) is 8.89. The smallest absolute Gasteiger partial charge is 0.166 e. The Morgan fingerprint density at radius 2 is 1.93 bits per heavy atom. The normalized spacial score (nSPS) is 37.8. The first-order chi connectivity index (χ1) is 7.12. The second-order valence-electron chi connectivity index (χ2n) is 4.61. The molecule has 0 aliphatic heterocycles. The highest BCUT2D eigenvalue weighted by Gasteiger charge is 2.39. The van der Waals surface area contributed by atoms with E-state index in [0.717, 1.165) is 18.4 Å². The Morgan fingerprint density at radius 3 is 2.60 bits per heavy atom. The first-order valence-electron chi connectivity index (χ1n) is 5.70. The van der Waals surface area contributed by atoms with E-state index in [1.54, 1.807) is 6.08 Å². The van der Waals surface area contributed by atoms with Crippen molar-refractivity contribution in [3.8, 4) is 0 Å². The van der Waals surface area contributed by atoms with Crippen molar-refractivity contribution in [3.63, 3.8) is 0 Å². The number of rotatable bonds is 1. The SMILES string of the molecule is NC1(O)C(C2CCCCC2)=CC=CC1O. The van der Waals surface area contributed by atoms with Gasteiger partial charge in [-0.3, -0.25) is 5.73 Å². The molecule has 2 unspecified atom stereocenters. The fourth-order valence-corrected chi connectivity index (χ4v) is 2.59. The van der Waals surface area contributed by atoms with E-state index in [-0.39, 0.29) is 0 Å². The number of hydrogen-bond donors (Lipinski definition) is 3. The summed E-state index contributed by atoms with van der Waals surface area (Å²) in [6.07, 6.45) is 10.0. The lowest BCUT2D eigenvalue weighted by Gasteiger charge is -2.37. The summed E-state index contributed by atoms with van der Waals surface area (Å²) >= 11 is 0. The molecule has 3 heteroatoms. The molecule has 2 aliphatic rings. The maximum atomic E-state index is 10.1. The predicted octanol–water partition coefficient (Wildman–Crippen LogP) is 1.07. The van der Waals surface area contributed by atoms with Crippen LogP contribution >= 0.6 is 0 Å². The van der Waals surface area contributed by atoms with Crippen LogP contribution in [-0.2, 0) is 0 Å². The molecule has 0 aromatic rings.